The lowest BCUT2D eigenvalue weighted by molar-refractivity contribution is -0.113. The molecule has 0 spiro atoms. The molecule has 0 radical (unpaired) electrons. The molecule has 0 bridgehead atoms. The number of hydrogen-bond acceptors (Lipinski definition) is 4. The summed E-state index contributed by atoms with van der Waals surface area (Å²) in [6, 6.07) is 11.6. The van der Waals surface area contributed by atoms with Crippen LogP contribution in [0.4, 0.5) is 10.1 Å². The van der Waals surface area contributed by atoms with Gasteiger partial charge in [-0.15, -0.1) is 0 Å². The molecule has 0 aromatic heterocycles. The number of thiocarbonyl (C=S) groups is 1. The van der Waals surface area contributed by atoms with E-state index < -0.39 is 5.82 Å². The van der Waals surface area contributed by atoms with Crippen molar-refractivity contribution in [1.29, 1.82) is 0 Å². The molecule has 0 atom stereocenters. The highest BCUT2D eigenvalue weighted by Gasteiger charge is 2.33. The third-order valence-electron chi connectivity index (χ3n) is 3.37. The van der Waals surface area contributed by atoms with Crippen LogP contribution in [-0.4, -0.2) is 17.3 Å². The molecular formula is C17H11BrFNO2S2. The quantitative estimate of drug-likeness (QED) is 0.512. The van der Waals surface area contributed by atoms with Crippen LogP contribution >= 0.6 is 39.9 Å². The minimum atomic E-state index is -0.395. The Balaban J connectivity index is 1.93. The number of thioether (sulfide) groups is 1. The highest BCUT2D eigenvalue weighted by Crippen LogP contribution is 2.37. The topological polar surface area (TPSA) is 29.5 Å². The highest BCUT2D eigenvalue weighted by atomic mass is 79.9. The number of halogens is 2. The summed E-state index contributed by atoms with van der Waals surface area (Å²) in [7, 11) is 1.57. The van der Waals surface area contributed by atoms with E-state index >= 15 is 0 Å². The fraction of sp³-hybridized carbons (Fsp3) is 0.0588. The molecule has 3 nitrogen and oxygen atoms in total. The van der Waals surface area contributed by atoms with Gasteiger partial charge < -0.3 is 4.74 Å². The van der Waals surface area contributed by atoms with E-state index in [1.807, 2.05) is 0 Å². The number of nitrogens with zero attached hydrogens (tertiary/aromatic N) is 1. The van der Waals surface area contributed by atoms with Gasteiger partial charge in [0.05, 0.1) is 17.7 Å². The van der Waals surface area contributed by atoms with Crippen molar-refractivity contribution in [3.05, 3.63) is 63.2 Å². The molecule has 122 valence electrons. The van der Waals surface area contributed by atoms with E-state index in [0.717, 1.165) is 16.2 Å². The maximum Gasteiger partial charge on any atom is 0.270 e. The van der Waals surface area contributed by atoms with E-state index in [1.165, 1.54) is 17.0 Å². The van der Waals surface area contributed by atoms with Crippen LogP contribution in [0, 0.1) is 5.82 Å². The number of methoxy groups -OCH3 is 1. The molecule has 3 rings (SSSR count). The van der Waals surface area contributed by atoms with Crippen molar-refractivity contribution in [2.45, 2.75) is 0 Å². The monoisotopic (exact) mass is 423 g/mol. The summed E-state index contributed by atoms with van der Waals surface area (Å²) in [6.45, 7) is 0. The number of amides is 1. The lowest BCUT2D eigenvalue weighted by Crippen LogP contribution is -2.27. The van der Waals surface area contributed by atoms with Gasteiger partial charge in [0, 0.05) is 10.0 Å². The number of carbonyl (C=O) groups is 1. The molecule has 0 unspecified atom stereocenters. The van der Waals surface area contributed by atoms with E-state index in [9.17, 15) is 9.18 Å². The first kappa shape index (κ1) is 17.1. The van der Waals surface area contributed by atoms with Crippen LogP contribution in [0.3, 0.4) is 0 Å². The molecular weight excluding hydrogens is 413 g/mol. The second kappa shape index (κ2) is 7.04. The van der Waals surface area contributed by atoms with Crippen molar-refractivity contribution < 1.29 is 13.9 Å². The van der Waals surface area contributed by atoms with Crippen molar-refractivity contribution in [1.82, 2.24) is 0 Å². The smallest absolute Gasteiger partial charge is 0.270 e. The summed E-state index contributed by atoms with van der Waals surface area (Å²) in [5, 5.41) is 0. The average Bonchev–Trinajstić information content (AvgIpc) is 2.85. The number of anilines is 1. The van der Waals surface area contributed by atoms with Crippen LogP contribution in [0.5, 0.6) is 5.75 Å². The molecule has 2 aromatic rings. The summed E-state index contributed by atoms with van der Waals surface area (Å²) in [5.41, 5.74) is 0.982. The van der Waals surface area contributed by atoms with Crippen molar-refractivity contribution in [3.63, 3.8) is 0 Å². The van der Waals surface area contributed by atoms with Gasteiger partial charge in [-0.3, -0.25) is 9.69 Å². The first-order valence-electron chi connectivity index (χ1n) is 6.86. The van der Waals surface area contributed by atoms with Gasteiger partial charge in [-0.1, -0.05) is 39.9 Å². The van der Waals surface area contributed by atoms with Crippen LogP contribution in [-0.2, 0) is 4.79 Å². The van der Waals surface area contributed by atoms with Crippen LogP contribution in [0.2, 0.25) is 0 Å². The van der Waals surface area contributed by atoms with Crippen molar-refractivity contribution in [2.75, 3.05) is 12.0 Å². The minimum absolute atomic E-state index is 0.269. The molecule has 1 saturated heterocycles. The summed E-state index contributed by atoms with van der Waals surface area (Å²) >= 11 is 9.76. The molecule has 0 N–H and O–H groups in total. The molecule has 1 aliphatic heterocycles. The first-order chi connectivity index (χ1) is 11.5. The fourth-order valence-electron chi connectivity index (χ4n) is 2.19. The number of carbonyl (C=O) groups excluding carboxylic acids is 1. The third-order valence-corrected chi connectivity index (χ3v) is 5.16. The predicted octanol–water partition coefficient (Wildman–Crippen LogP) is 5.00. The summed E-state index contributed by atoms with van der Waals surface area (Å²) in [5.74, 6) is 0.0263. The molecule has 1 fully saturated rings. The standard InChI is InChI=1S/C17H11BrFNO2S2/c1-22-13-5-3-12(4-6-13)20-16(21)15(24-17(20)23)9-10-8-11(18)2-7-14(10)19/h2-9H,1H3. The normalized spacial score (nSPS) is 16.1. The second-order valence-corrected chi connectivity index (χ2v) is 7.47. The molecule has 1 aliphatic rings. The molecule has 0 saturated carbocycles. The Labute approximate surface area is 156 Å². The van der Waals surface area contributed by atoms with Gasteiger partial charge in [0.25, 0.3) is 5.91 Å². The Morgan fingerprint density at radius 3 is 2.62 bits per heavy atom. The zero-order chi connectivity index (χ0) is 17.3. The van der Waals surface area contributed by atoms with Gasteiger partial charge in [-0.25, -0.2) is 4.39 Å². The minimum Gasteiger partial charge on any atom is -0.497 e. The van der Waals surface area contributed by atoms with Crippen LogP contribution in [0.1, 0.15) is 5.56 Å². The Morgan fingerprint density at radius 2 is 1.96 bits per heavy atom. The van der Waals surface area contributed by atoms with Crippen LogP contribution in [0.25, 0.3) is 6.08 Å². The predicted molar refractivity (Wildman–Crippen MR) is 103 cm³/mol. The molecule has 7 heteroatoms. The van der Waals surface area contributed by atoms with Crippen molar-refractivity contribution >= 4 is 61.9 Å². The maximum atomic E-state index is 13.9. The van der Waals surface area contributed by atoms with Crippen molar-refractivity contribution in [2.24, 2.45) is 0 Å². The Morgan fingerprint density at radius 1 is 1.25 bits per heavy atom. The Kier molecular flexibility index (Phi) is 5.03. The van der Waals surface area contributed by atoms with E-state index in [2.05, 4.69) is 15.9 Å². The number of ether oxygens (including phenoxy) is 1. The fourth-order valence-corrected chi connectivity index (χ4v) is 3.86. The van der Waals surface area contributed by atoms with E-state index in [0.29, 0.717) is 26.2 Å². The maximum absolute atomic E-state index is 13.9. The molecule has 2 aromatic carbocycles. The highest BCUT2D eigenvalue weighted by molar-refractivity contribution is 9.10. The van der Waals surface area contributed by atoms with Gasteiger partial charge >= 0.3 is 0 Å². The summed E-state index contributed by atoms with van der Waals surface area (Å²) in [6.07, 6.45) is 1.52. The van der Waals surface area contributed by atoms with Gasteiger partial charge in [0.2, 0.25) is 0 Å². The largest absolute Gasteiger partial charge is 0.497 e. The molecule has 1 amide bonds. The first-order valence-corrected chi connectivity index (χ1v) is 8.88. The van der Waals surface area contributed by atoms with E-state index in [1.54, 1.807) is 43.5 Å². The van der Waals surface area contributed by atoms with Crippen molar-refractivity contribution in [3.8, 4) is 5.75 Å². The lowest BCUT2D eigenvalue weighted by Gasteiger charge is -2.14. The second-order valence-electron chi connectivity index (χ2n) is 4.88. The van der Waals surface area contributed by atoms with Gasteiger partial charge in [0.1, 0.15) is 11.6 Å². The molecule has 0 aliphatic carbocycles. The van der Waals surface area contributed by atoms with Crippen LogP contribution < -0.4 is 9.64 Å². The van der Waals surface area contributed by atoms with Gasteiger partial charge in [0.15, 0.2) is 4.32 Å². The average molecular weight is 424 g/mol. The number of rotatable bonds is 3. The zero-order valence-electron chi connectivity index (χ0n) is 12.5. The van der Waals surface area contributed by atoms with Gasteiger partial charge in [-0.2, -0.15) is 0 Å². The third kappa shape index (κ3) is 3.38. The number of benzene rings is 2. The Bertz CT molecular complexity index is 852. The van der Waals surface area contributed by atoms with Crippen LogP contribution in [0.15, 0.2) is 51.8 Å². The SMILES string of the molecule is COc1ccc(N2C(=O)C(=Cc3cc(Br)ccc3F)SC2=S)cc1. The summed E-state index contributed by atoms with van der Waals surface area (Å²) in [4.78, 5) is 14.5. The Hall–Kier alpha value is -1.70. The summed E-state index contributed by atoms with van der Waals surface area (Å²) < 4.78 is 20.2. The van der Waals surface area contributed by atoms with Gasteiger partial charge in [-0.05, 0) is 48.5 Å². The van der Waals surface area contributed by atoms with E-state index in [4.69, 9.17) is 17.0 Å². The number of hydrogen-bond donors (Lipinski definition) is 0. The molecule has 24 heavy (non-hydrogen) atoms. The molecule has 1 heterocycles. The zero-order valence-corrected chi connectivity index (χ0v) is 15.7. The lowest BCUT2D eigenvalue weighted by atomic mass is 10.2. The van der Waals surface area contributed by atoms with E-state index in [-0.39, 0.29) is 5.91 Å².